The van der Waals surface area contributed by atoms with E-state index in [0.29, 0.717) is 11.8 Å². The summed E-state index contributed by atoms with van der Waals surface area (Å²) in [4.78, 5) is 7.06. The van der Waals surface area contributed by atoms with Crippen LogP contribution in [0.5, 0.6) is 0 Å². The summed E-state index contributed by atoms with van der Waals surface area (Å²) in [6, 6.07) is 9.99. The topological polar surface area (TPSA) is 25.1 Å². The fraction of sp³-hybridized carbons (Fsp3) is 0.567. The summed E-state index contributed by atoms with van der Waals surface area (Å²) in [5, 5.41) is 2.57. The molecule has 0 amide bonds. The Morgan fingerprint density at radius 2 is 2.00 bits per heavy atom. The van der Waals surface area contributed by atoms with E-state index in [2.05, 4.69) is 53.2 Å². The van der Waals surface area contributed by atoms with E-state index in [-0.39, 0.29) is 16.6 Å². The first-order valence-electron chi connectivity index (χ1n) is 13.3. The van der Waals surface area contributed by atoms with Crippen molar-refractivity contribution in [3.63, 3.8) is 0 Å². The second-order valence-electron chi connectivity index (χ2n) is 12.1. The van der Waals surface area contributed by atoms with Crippen molar-refractivity contribution in [2.75, 3.05) is 13.1 Å². The molecule has 0 N–H and O–H groups in total. The van der Waals surface area contributed by atoms with Crippen molar-refractivity contribution < 1.29 is 4.74 Å². The first-order chi connectivity index (χ1) is 16.1. The molecule has 3 heteroatoms. The van der Waals surface area contributed by atoms with Crippen molar-refractivity contribution in [2.45, 2.75) is 81.5 Å². The predicted octanol–water partition coefficient (Wildman–Crippen LogP) is 6.16. The number of pyridine rings is 1. The molecule has 4 fully saturated rings. The zero-order valence-corrected chi connectivity index (χ0v) is 19.7. The van der Waals surface area contributed by atoms with Crippen molar-refractivity contribution in [1.82, 2.24) is 9.88 Å². The van der Waals surface area contributed by atoms with E-state index in [9.17, 15) is 0 Å². The maximum absolute atomic E-state index is 7.45. The summed E-state index contributed by atoms with van der Waals surface area (Å²) in [7, 11) is 0. The third kappa shape index (κ3) is 2.51. The highest BCUT2D eigenvalue weighted by molar-refractivity contribution is 5.82. The van der Waals surface area contributed by atoms with E-state index in [4.69, 9.17) is 4.74 Å². The molecule has 2 aromatic rings. The first-order valence-corrected chi connectivity index (χ1v) is 13.3. The van der Waals surface area contributed by atoms with Gasteiger partial charge in [-0.05, 0) is 103 Å². The molecule has 3 aliphatic heterocycles. The van der Waals surface area contributed by atoms with Crippen LogP contribution in [0.1, 0.15) is 69.8 Å². The molecule has 3 aliphatic carbocycles. The molecular formula is C30H34N2O. The lowest BCUT2D eigenvalue weighted by Crippen LogP contribution is -2.54. The van der Waals surface area contributed by atoms with Gasteiger partial charge in [0.1, 0.15) is 0 Å². The fourth-order valence-electron chi connectivity index (χ4n) is 8.98. The number of aromatic nitrogens is 1. The average molecular weight is 439 g/mol. The second-order valence-corrected chi connectivity index (χ2v) is 12.1. The average Bonchev–Trinajstić information content (AvgIpc) is 3.56. The van der Waals surface area contributed by atoms with E-state index in [0.717, 1.165) is 6.04 Å². The lowest BCUT2D eigenvalue weighted by molar-refractivity contribution is -0.138. The molecule has 6 atom stereocenters. The van der Waals surface area contributed by atoms with Gasteiger partial charge in [0.05, 0.1) is 11.2 Å². The van der Waals surface area contributed by atoms with Gasteiger partial charge in [0.15, 0.2) is 0 Å². The molecule has 6 aliphatic rings. The summed E-state index contributed by atoms with van der Waals surface area (Å²) in [5.74, 6) is 1.22. The Morgan fingerprint density at radius 3 is 2.91 bits per heavy atom. The Balaban J connectivity index is 1.18. The van der Waals surface area contributed by atoms with Gasteiger partial charge in [0.2, 0.25) is 0 Å². The molecule has 2 saturated heterocycles. The van der Waals surface area contributed by atoms with Gasteiger partial charge in [-0.15, -0.1) is 0 Å². The number of hydrogen-bond donors (Lipinski definition) is 0. The molecular weight excluding hydrogens is 404 g/mol. The van der Waals surface area contributed by atoms with Crippen LogP contribution in [0.25, 0.3) is 10.8 Å². The van der Waals surface area contributed by atoms with Crippen molar-refractivity contribution in [3.8, 4) is 0 Å². The smallest absolute Gasteiger partial charge is 0.0974 e. The monoisotopic (exact) mass is 438 g/mol. The van der Waals surface area contributed by atoms with Crippen molar-refractivity contribution in [3.05, 3.63) is 65.5 Å². The molecule has 0 radical (unpaired) electrons. The van der Waals surface area contributed by atoms with Crippen LogP contribution in [-0.2, 0) is 4.74 Å². The number of rotatable bonds is 2. The van der Waals surface area contributed by atoms with E-state index < -0.39 is 0 Å². The van der Waals surface area contributed by atoms with Crippen molar-refractivity contribution in [2.24, 2.45) is 11.3 Å². The minimum Gasteiger partial charge on any atom is -0.359 e. The highest BCUT2D eigenvalue weighted by Gasteiger charge is 2.66. The van der Waals surface area contributed by atoms with Crippen LogP contribution < -0.4 is 0 Å². The van der Waals surface area contributed by atoms with Gasteiger partial charge in [-0.3, -0.25) is 9.88 Å². The van der Waals surface area contributed by atoms with Gasteiger partial charge in [-0.1, -0.05) is 31.2 Å². The molecule has 1 unspecified atom stereocenters. The Kier molecular flexibility index (Phi) is 3.73. The van der Waals surface area contributed by atoms with Crippen LogP contribution in [0.15, 0.2) is 60.0 Å². The van der Waals surface area contributed by atoms with Gasteiger partial charge >= 0.3 is 0 Å². The third-order valence-corrected chi connectivity index (χ3v) is 10.7. The Labute approximate surface area is 196 Å². The van der Waals surface area contributed by atoms with Crippen LogP contribution in [0.2, 0.25) is 0 Å². The van der Waals surface area contributed by atoms with Gasteiger partial charge in [0, 0.05) is 36.9 Å². The van der Waals surface area contributed by atoms with Crippen LogP contribution in [0.3, 0.4) is 0 Å². The lowest BCUT2D eigenvalue weighted by Gasteiger charge is -2.54. The number of hydrogen-bond acceptors (Lipinski definition) is 3. The van der Waals surface area contributed by atoms with E-state index in [1.807, 2.05) is 12.4 Å². The second kappa shape index (κ2) is 6.37. The number of benzene rings is 1. The molecule has 1 aromatic carbocycles. The number of allylic oxidation sites excluding steroid dienone is 1. The molecule has 2 saturated carbocycles. The molecule has 2 spiro atoms. The van der Waals surface area contributed by atoms with Gasteiger partial charge in [0.25, 0.3) is 0 Å². The van der Waals surface area contributed by atoms with Gasteiger partial charge in [-0.25, -0.2) is 0 Å². The molecule has 3 nitrogen and oxygen atoms in total. The standard InChI is InChI=1S/C30H34N2O/c1-28-10-8-24-17-23-4-5-25(32-14-15-32)18-29(23)11-12-30(24,33-29)27(28)7-6-26(28)21-3-2-20-9-13-31-19-22(20)16-21/h2-3,8-9,13,16-17,19,25-27H,4-7,10-12,14-15,18H2,1H3/t25-,26?,27-,28-,29-,30-/m1/s1. The van der Waals surface area contributed by atoms with Gasteiger partial charge < -0.3 is 4.74 Å². The molecule has 170 valence electrons. The summed E-state index contributed by atoms with van der Waals surface area (Å²) >= 11 is 0. The third-order valence-electron chi connectivity index (χ3n) is 10.7. The Morgan fingerprint density at radius 1 is 1.06 bits per heavy atom. The van der Waals surface area contributed by atoms with Crippen LogP contribution in [0, 0.1) is 11.3 Å². The molecule has 8 rings (SSSR count). The number of ether oxygens (including phenoxy) is 1. The van der Waals surface area contributed by atoms with Crippen molar-refractivity contribution >= 4 is 10.8 Å². The van der Waals surface area contributed by atoms with E-state index in [1.165, 1.54) is 80.8 Å². The van der Waals surface area contributed by atoms with Crippen LogP contribution in [0.4, 0.5) is 0 Å². The minimum atomic E-state index is -0.0373. The largest absolute Gasteiger partial charge is 0.359 e. The predicted molar refractivity (Wildman–Crippen MR) is 131 cm³/mol. The fourth-order valence-corrected chi connectivity index (χ4v) is 8.98. The van der Waals surface area contributed by atoms with E-state index >= 15 is 0 Å². The number of fused-ring (bicyclic) bond motifs is 2. The Bertz CT molecular complexity index is 1230. The molecule has 2 bridgehead atoms. The summed E-state index contributed by atoms with van der Waals surface area (Å²) < 4.78 is 7.45. The summed E-state index contributed by atoms with van der Waals surface area (Å²) in [6.45, 7) is 5.19. The molecule has 4 heterocycles. The van der Waals surface area contributed by atoms with Crippen molar-refractivity contribution in [1.29, 1.82) is 0 Å². The summed E-state index contributed by atoms with van der Waals surface area (Å²) in [6.07, 6.45) is 19.2. The Hall–Kier alpha value is -1.97. The SMILES string of the molecule is C[C@]12CC=C3C=C4CC[C@@H](N5CC5)C[C@]45CC[C@]3(O5)[C@@H]1CCC2c1ccc2ccncc2c1. The van der Waals surface area contributed by atoms with Gasteiger partial charge in [-0.2, -0.15) is 0 Å². The maximum atomic E-state index is 7.45. The quantitative estimate of drug-likeness (QED) is 0.525. The first kappa shape index (κ1) is 19.3. The highest BCUT2D eigenvalue weighted by Crippen LogP contribution is 2.69. The zero-order valence-electron chi connectivity index (χ0n) is 19.7. The minimum absolute atomic E-state index is 0.0355. The summed E-state index contributed by atoms with van der Waals surface area (Å²) in [5.41, 5.74) is 4.94. The zero-order chi connectivity index (χ0) is 21.8. The molecule has 33 heavy (non-hydrogen) atoms. The normalized spacial score (nSPS) is 43.5. The van der Waals surface area contributed by atoms with Crippen LogP contribution >= 0.6 is 0 Å². The molecule has 1 aromatic heterocycles. The number of nitrogens with zero attached hydrogens (tertiary/aromatic N) is 2. The van der Waals surface area contributed by atoms with Crippen LogP contribution in [-0.4, -0.2) is 40.2 Å². The highest BCUT2D eigenvalue weighted by atomic mass is 16.5. The lowest BCUT2D eigenvalue weighted by atomic mass is 9.58. The van der Waals surface area contributed by atoms with E-state index in [1.54, 1.807) is 11.1 Å². The maximum Gasteiger partial charge on any atom is 0.0974 e.